The van der Waals surface area contributed by atoms with E-state index < -0.39 is 69.4 Å². The zero-order valence-electron chi connectivity index (χ0n) is 18.9. The number of aromatic amines is 1. The molecule has 192 valence electrons. The SMILES string of the molecule is CCCC(=O)OC(COC(=O)CC)OP(=O)(O)OCC(N)C(=O)CC(Cc1cnc[nH]1)C(=O)O. The third-order valence-corrected chi connectivity index (χ3v) is 5.26. The molecule has 0 bridgehead atoms. The fourth-order valence-electron chi connectivity index (χ4n) is 2.51. The van der Waals surface area contributed by atoms with Gasteiger partial charge in [-0.15, -0.1) is 0 Å². The molecule has 0 amide bonds. The number of H-pyrrole nitrogens is 1. The van der Waals surface area contributed by atoms with Crippen LogP contribution in [0.5, 0.6) is 0 Å². The van der Waals surface area contributed by atoms with Gasteiger partial charge in [-0.3, -0.25) is 23.7 Å². The molecular weight excluding hydrogens is 477 g/mol. The van der Waals surface area contributed by atoms with E-state index in [1.807, 2.05) is 0 Å². The number of ketones is 1. The van der Waals surface area contributed by atoms with Gasteiger partial charge in [-0.1, -0.05) is 13.8 Å². The number of ether oxygens (including phenoxy) is 2. The van der Waals surface area contributed by atoms with Crippen molar-refractivity contribution in [3.8, 4) is 0 Å². The minimum Gasteiger partial charge on any atom is -0.481 e. The number of rotatable bonds is 17. The summed E-state index contributed by atoms with van der Waals surface area (Å²) < 4.78 is 31.4. The Labute approximate surface area is 195 Å². The summed E-state index contributed by atoms with van der Waals surface area (Å²) in [5, 5.41) is 9.34. The summed E-state index contributed by atoms with van der Waals surface area (Å²) in [6.07, 6.45) is 1.02. The summed E-state index contributed by atoms with van der Waals surface area (Å²) in [6, 6.07) is -1.44. The minimum atomic E-state index is -4.92. The van der Waals surface area contributed by atoms with Crippen LogP contribution in [0.2, 0.25) is 0 Å². The van der Waals surface area contributed by atoms with E-state index in [-0.39, 0.29) is 19.3 Å². The number of aliphatic carboxylic acids is 1. The Bertz CT molecular complexity index is 862. The quantitative estimate of drug-likeness (QED) is 0.130. The zero-order valence-corrected chi connectivity index (χ0v) is 19.8. The summed E-state index contributed by atoms with van der Waals surface area (Å²) in [7, 11) is -4.92. The molecule has 4 atom stereocenters. The van der Waals surface area contributed by atoms with Gasteiger partial charge < -0.3 is 30.2 Å². The Morgan fingerprint density at radius 2 is 1.91 bits per heavy atom. The predicted molar refractivity (Wildman–Crippen MR) is 114 cm³/mol. The minimum absolute atomic E-state index is 0.00244. The largest absolute Gasteiger partial charge is 0.481 e. The molecule has 0 saturated heterocycles. The normalized spacial score (nSPS) is 15.5. The Hall–Kier alpha value is -2.64. The third kappa shape index (κ3) is 11.5. The van der Waals surface area contributed by atoms with Crippen molar-refractivity contribution in [2.45, 2.75) is 58.3 Å². The maximum atomic E-state index is 12.3. The zero-order chi connectivity index (χ0) is 25.7. The van der Waals surface area contributed by atoms with Crippen LogP contribution in [0, 0.1) is 5.92 Å². The Balaban J connectivity index is 2.66. The smallest absolute Gasteiger partial charge is 0.475 e. The number of carboxylic acid groups (broad SMARTS) is 1. The number of hydrogen-bond donors (Lipinski definition) is 4. The fraction of sp³-hybridized carbons (Fsp3) is 0.632. The number of phosphoric ester groups is 1. The molecule has 0 fully saturated rings. The lowest BCUT2D eigenvalue weighted by Gasteiger charge is -2.22. The summed E-state index contributed by atoms with van der Waals surface area (Å²) in [5.74, 6) is -4.49. The standard InChI is InChI=1S/C19H30N3O11P/c1-3-5-17(25)32-18(10-30-16(24)4-2)33-34(28,29)31-9-14(20)15(23)7-12(19(26)27)6-13-8-21-11-22-13/h8,11-12,14,18H,3-7,9-10,20H2,1-2H3,(H,21,22)(H,26,27)(H,28,29). The van der Waals surface area contributed by atoms with Crippen molar-refractivity contribution in [3.63, 3.8) is 0 Å². The number of carboxylic acids is 1. The number of nitrogens with two attached hydrogens (primary N) is 1. The van der Waals surface area contributed by atoms with Gasteiger partial charge in [-0.25, -0.2) is 14.1 Å². The number of nitrogens with zero attached hydrogens (tertiary/aromatic N) is 1. The molecule has 15 heteroatoms. The number of hydrogen-bond acceptors (Lipinski definition) is 11. The topological polar surface area (TPSA) is 217 Å². The van der Waals surface area contributed by atoms with Crippen LogP contribution in [-0.2, 0) is 48.7 Å². The van der Waals surface area contributed by atoms with Crippen LogP contribution in [0.1, 0.15) is 45.2 Å². The van der Waals surface area contributed by atoms with E-state index in [0.717, 1.165) is 0 Å². The number of aromatic nitrogens is 2. The van der Waals surface area contributed by atoms with Crippen molar-refractivity contribution in [1.82, 2.24) is 9.97 Å². The van der Waals surface area contributed by atoms with Gasteiger partial charge in [-0.05, 0) is 6.42 Å². The van der Waals surface area contributed by atoms with Crippen molar-refractivity contribution in [2.75, 3.05) is 13.2 Å². The van der Waals surface area contributed by atoms with Crippen molar-refractivity contribution in [1.29, 1.82) is 0 Å². The lowest BCUT2D eigenvalue weighted by molar-refractivity contribution is -0.179. The first-order valence-electron chi connectivity index (χ1n) is 10.5. The molecule has 14 nitrogen and oxygen atoms in total. The molecule has 0 aliphatic heterocycles. The first-order valence-corrected chi connectivity index (χ1v) is 12.0. The second-order valence-corrected chi connectivity index (χ2v) is 8.57. The molecule has 0 aliphatic carbocycles. The highest BCUT2D eigenvalue weighted by atomic mass is 31.2. The monoisotopic (exact) mass is 507 g/mol. The van der Waals surface area contributed by atoms with Crippen LogP contribution in [0.4, 0.5) is 0 Å². The molecule has 5 N–H and O–H groups in total. The van der Waals surface area contributed by atoms with Crippen LogP contribution in [0.15, 0.2) is 12.5 Å². The highest BCUT2D eigenvalue weighted by Gasteiger charge is 2.32. The molecule has 0 saturated carbocycles. The number of esters is 2. The van der Waals surface area contributed by atoms with Gasteiger partial charge >= 0.3 is 25.7 Å². The van der Waals surface area contributed by atoms with Crippen LogP contribution < -0.4 is 5.73 Å². The summed E-state index contributed by atoms with van der Waals surface area (Å²) >= 11 is 0. The van der Waals surface area contributed by atoms with E-state index in [2.05, 4.69) is 9.97 Å². The van der Waals surface area contributed by atoms with Gasteiger partial charge in [0.1, 0.15) is 0 Å². The molecule has 0 spiro atoms. The summed E-state index contributed by atoms with van der Waals surface area (Å²) in [6.45, 7) is 1.78. The third-order valence-electron chi connectivity index (χ3n) is 4.29. The van der Waals surface area contributed by atoms with E-state index >= 15 is 0 Å². The molecule has 1 heterocycles. The van der Waals surface area contributed by atoms with Crippen LogP contribution in [-0.4, -0.2) is 69.2 Å². The molecule has 1 rings (SSSR count). The number of carbonyl (C=O) groups excluding carboxylic acids is 3. The Morgan fingerprint density at radius 1 is 1.21 bits per heavy atom. The van der Waals surface area contributed by atoms with E-state index in [0.29, 0.717) is 12.1 Å². The molecular formula is C19H30N3O11P. The van der Waals surface area contributed by atoms with Gasteiger partial charge in [0.15, 0.2) is 12.4 Å². The van der Waals surface area contributed by atoms with Gasteiger partial charge in [0.2, 0.25) is 6.29 Å². The predicted octanol–water partition coefficient (Wildman–Crippen LogP) is 0.696. The second-order valence-electron chi connectivity index (χ2n) is 7.17. The number of nitrogens with one attached hydrogen (secondary N) is 1. The first-order chi connectivity index (χ1) is 16.0. The average molecular weight is 507 g/mol. The Morgan fingerprint density at radius 3 is 2.47 bits per heavy atom. The Kier molecular flexibility index (Phi) is 12.6. The van der Waals surface area contributed by atoms with Gasteiger partial charge in [0.25, 0.3) is 0 Å². The molecule has 1 aromatic rings. The molecule has 4 unspecified atom stereocenters. The van der Waals surface area contributed by atoms with Gasteiger partial charge in [-0.2, -0.15) is 0 Å². The molecule has 0 radical (unpaired) electrons. The molecule has 34 heavy (non-hydrogen) atoms. The molecule has 0 aliphatic rings. The number of carbonyl (C=O) groups is 4. The summed E-state index contributed by atoms with van der Waals surface area (Å²) in [4.78, 5) is 63.3. The number of Topliss-reactive ketones (excluding diaryl/α,β-unsaturated/α-hetero) is 1. The molecule has 0 aromatic carbocycles. The maximum Gasteiger partial charge on any atom is 0.475 e. The van der Waals surface area contributed by atoms with E-state index in [9.17, 15) is 33.7 Å². The van der Waals surface area contributed by atoms with E-state index in [4.69, 9.17) is 24.3 Å². The number of imidazole rings is 1. The van der Waals surface area contributed by atoms with E-state index in [1.54, 1.807) is 6.92 Å². The lowest BCUT2D eigenvalue weighted by Crippen LogP contribution is -2.37. The summed E-state index contributed by atoms with van der Waals surface area (Å²) in [5.41, 5.74) is 6.19. The van der Waals surface area contributed by atoms with Crippen LogP contribution >= 0.6 is 7.82 Å². The van der Waals surface area contributed by atoms with Crippen molar-refractivity contribution >= 4 is 31.5 Å². The van der Waals surface area contributed by atoms with Gasteiger partial charge in [0, 0.05) is 37.6 Å². The second kappa shape index (κ2) is 14.6. The van der Waals surface area contributed by atoms with Gasteiger partial charge in [0.05, 0.1) is 24.9 Å². The average Bonchev–Trinajstić information content (AvgIpc) is 3.28. The highest BCUT2D eigenvalue weighted by molar-refractivity contribution is 7.47. The molecule has 1 aromatic heterocycles. The maximum absolute atomic E-state index is 12.3. The first kappa shape index (κ1) is 29.4. The van der Waals surface area contributed by atoms with Crippen LogP contribution in [0.3, 0.4) is 0 Å². The lowest BCUT2D eigenvalue weighted by atomic mass is 9.95. The van der Waals surface area contributed by atoms with Crippen molar-refractivity contribution in [2.24, 2.45) is 11.7 Å². The van der Waals surface area contributed by atoms with Crippen LogP contribution in [0.25, 0.3) is 0 Å². The number of phosphoric acid groups is 1. The van der Waals surface area contributed by atoms with E-state index in [1.165, 1.54) is 19.4 Å². The van der Waals surface area contributed by atoms with Crippen molar-refractivity contribution in [3.05, 3.63) is 18.2 Å². The van der Waals surface area contributed by atoms with Crippen molar-refractivity contribution < 1.29 is 52.3 Å². The highest BCUT2D eigenvalue weighted by Crippen LogP contribution is 2.45. The fourth-order valence-corrected chi connectivity index (χ4v) is 3.32.